The topological polar surface area (TPSA) is 122 Å². The minimum atomic E-state index is -3.34. The molecule has 35 heavy (non-hydrogen) atoms. The van der Waals surface area contributed by atoms with E-state index in [1.54, 1.807) is 37.4 Å². The second kappa shape index (κ2) is 8.80. The molecule has 2 amide bonds. The van der Waals surface area contributed by atoms with Gasteiger partial charge in [0.15, 0.2) is 15.7 Å². The first kappa shape index (κ1) is 22.5. The number of nitrogens with one attached hydrogen (secondary N) is 1. The maximum Gasteiger partial charge on any atom is 0.253 e. The molecule has 0 spiro atoms. The van der Waals surface area contributed by atoms with Crippen molar-refractivity contribution in [1.29, 1.82) is 0 Å². The van der Waals surface area contributed by atoms with Crippen LogP contribution in [-0.4, -0.2) is 45.8 Å². The molecule has 2 aromatic carbocycles. The first-order chi connectivity index (χ1) is 16.8. The van der Waals surface area contributed by atoms with E-state index < -0.39 is 21.7 Å². The van der Waals surface area contributed by atoms with Crippen LogP contribution in [-0.2, 0) is 26.0 Å². The number of fused-ring (bicyclic) bond motifs is 1. The largest absolute Gasteiger partial charge is 0.457 e. The molecule has 0 unspecified atom stereocenters. The summed E-state index contributed by atoms with van der Waals surface area (Å²) < 4.78 is 30.3. The van der Waals surface area contributed by atoms with E-state index >= 15 is 0 Å². The van der Waals surface area contributed by atoms with E-state index in [-0.39, 0.29) is 17.2 Å². The second-order valence-electron chi connectivity index (χ2n) is 7.85. The molecule has 3 heterocycles. The van der Waals surface area contributed by atoms with Gasteiger partial charge in [0, 0.05) is 30.0 Å². The zero-order valence-electron chi connectivity index (χ0n) is 18.6. The molecule has 0 atom stereocenters. The number of aromatic nitrogens is 3. The number of carbonyl (C=O) groups excluding carboxylic acids is 2. The zero-order chi connectivity index (χ0) is 24.6. The number of hydrogen-bond acceptors (Lipinski definition) is 7. The Morgan fingerprint density at radius 3 is 2.40 bits per heavy atom. The van der Waals surface area contributed by atoms with Gasteiger partial charge in [-0.05, 0) is 42.5 Å². The lowest BCUT2D eigenvalue weighted by molar-refractivity contribution is -0.137. The lowest BCUT2D eigenvalue weighted by atomic mass is 10.1. The van der Waals surface area contributed by atoms with Gasteiger partial charge in [-0.1, -0.05) is 13.0 Å². The van der Waals surface area contributed by atoms with Gasteiger partial charge in [-0.2, -0.15) is 0 Å². The molecule has 1 N–H and O–H groups in total. The standard InChI is InChI=1S/C25H20N4O5S/c1-2-35(32,33)18-8-6-17(7-9-18)34-22-14-21-20(27-25(28-21)19-5-3-4-12-26-19)13-16(22)15-29-23(30)10-11-24(29)31/h3-14H,2,15H2,1H3,(H,27,28). The van der Waals surface area contributed by atoms with Crippen LogP contribution in [0.4, 0.5) is 0 Å². The van der Waals surface area contributed by atoms with Crippen molar-refractivity contribution in [3.63, 3.8) is 0 Å². The van der Waals surface area contributed by atoms with Crippen molar-refractivity contribution in [2.24, 2.45) is 0 Å². The van der Waals surface area contributed by atoms with Crippen molar-refractivity contribution in [1.82, 2.24) is 19.9 Å². The number of rotatable bonds is 7. The monoisotopic (exact) mass is 488 g/mol. The van der Waals surface area contributed by atoms with Crippen molar-refractivity contribution in [2.45, 2.75) is 18.4 Å². The number of benzene rings is 2. The quantitative estimate of drug-likeness (QED) is 0.394. The fourth-order valence-corrected chi connectivity index (χ4v) is 4.58. The van der Waals surface area contributed by atoms with Crippen molar-refractivity contribution in [3.05, 3.63) is 78.5 Å². The van der Waals surface area contributed by atoms with Crippen LogP contribution in [0.25, 0.3) is 22.6 Å². The lowest BCUT2D eigenvalue weighted by Gasteiger charge is -2.17. The minimum Gasteiger partial charge on any atom is -0.457 e. The molecule has 0 bridgehead atoms. The lowest BCUT2D eigenvalue weighted by Crippen LogP contribution is -2.29. The van der Waals surface area contributed by atoms with Gasteiger partial charge in [0.1, 0.15) is 17.2 Å². The third kappa shape index (κ3) is 4.43. The highest BCUT2D eigenvalue weighted by Gasteiger charge is 2.25. The summed E-state index contributed by atoms with van der Waals surface area (Å²) in [5.74, 6) is 0.529. The summed E-state index contributed by atoms with van der Waals surface area (Å²) in [6.07, 6.45) is 4.12. The van der Waals surface area contributed by atoms with E-state index in [1.807, 2.05) is 18.2 Å². The Kier molecular flexibility index (Phi) is 5.65. The smallest absolute Gasteiger partial charge is 0.253 e. The molecule has 0 fully saturated rings. The van der Waals surface area contributed by atoms with Crippen LogP contribution >= 0.6 is 0 Å². The summed E-state index contributed by atoms with van der Waals surface area (Å²) >= 11 is 0. The van der Waals surface area contributed by atoms with Gasteiger partial charge in [0.2, 0.25) is 0 Å². The van der Waals surface area contributed by atoms with Gasteiger partial charge >= 0.3 is 0 Å². The fraction of sp³-hybridized carbons (Fsp3) is 0.120. The molecule has 4 aromatic rings. The summed E-state index contributed by atoms with van der Waals surface area (Å²) in [6, 6.07) is 15.1. The van der Waals surface area contributed by atoms with Crippen molar-refractivity contribution < 1.29 is 22.7 Å². The third-order valence-corrected chi connectivity index (χ3v) is 7.34. The summed E-state index contributed by atoms with van der Waals surface area (Å²) in [6.45, 7) is 1.58. The number of carbonyl (C=O) groups is 2. The predicted octanol–water partition coefficient (Wildman–Crippen LogP) is 3.64. The normalized spacial score (nSPS) is 13.7. The van der Waals surface area contributed by atoms with Gasteiger partial charge in [-0.15, -0.1) is 0 Å². The number of imidazole rings is 1. The molecule has 1 aliphatic rings. The van der Waals surface area contributed by atoms with Gasteiger partial charge < -0.3 is 9.72 Å². The molecule has 5 rings (SSSR count). The van der Waals surface area contributed by atoms with E-state index in [1.165, 1.54) is 24.3 Å². The Balaban J connectivity index is 1.54. The van der Waals surface area contributed by atoms with Gasteiger partial charge in [0.05, 0.1) is 28.2 Å². The highest BCUT2D eigenvalue weighted by atomic mass is 32.2. The molecule has 0 saturated carbocycles. The number of nitrogens with zero attached hydrogens (tertiary/aromatic N) is 3. The van der Waals surface area contributed by atoms with Crippen LogP contribution in [0.2, 0.25) is 0 Å². The van der Waals surface area contributed by atoms with E-state index in [9.17, 15) is 18.0 Å². The second-order valence-corrected chi connectivity index (χ2v) is 10.1. The molecule has 2 aromatic heterocycles. The summed E-state index contributed by atoms with van der Waals surface area (Å²) in [4.78, 5) is 37.8. The molecule has 1 aliphatic heterocycles. The summed E-state index contributed by atoms with van der Waals surface area (Å²) in [5.41, 5.74) is 2.52. The molecule has 0 saturated heterocycles. The molecular formula is C25H20N4O5S. The average Bonchev–Trinajstić information content (AvgIpc) is 3.43. The number of sulfone groups is 1. The molecular weight excluding hydrogens is 468 g/mol. The van der Waals surface area contributed by atoms with Gasteiger partial charge in [-0.25, -0.2) is 13.4 Å². The number of aromatic amines is 1. The Hall–Kier alpha value is -4.31. The highest BCUT2D eigenvalue weighted by Crippen LogP contribution is 2.32. The van der Waals surface area contributed by atoms with Crippen molar-refractivity contribution in [2.75, 3.05) is 5.75 Å². The molecule has 0 aliphatic carbocycles. The van der Waals surface area contributed by atoms with Crippen LogP contribution in [0.3, 0.4) is 0 Å². The van der Waals surface area contributed by atoms with E-state index in [4.69, 9.17) is 4.74 Å². The highest BCUT2D eigenvalue weighted by molar-refractivity contribution is 7.91. The predicted molar refractivity (Wildman–Crippen MR) is 128 cm³/mol. The first-order valence-corrected chi connectivity index (χ1v) is 12.5. The maximum atomic E-state index is 12.2. The number of hydrogen-bond donors (Lipinski definition) is 1. The number of amides is 2. The maximum absolute atomic E-state index is 12.2. The number of pyridine rings is 1. The van der Waals surface area contributed by atoms with Crippen molar-refractivity contribution in [3.8, 4) is 23.0 Å². The van der Waals surface area contributed by atoms with Crippen LogP contribution in [0.15, 0.2) is 77.8 Å². The van der Waals surface area contributed by atoms with Crippen LogP contribution in [0, 0.1) is 0 Å². The SMILES string of the molecule is CCS(=O)(=O)c1ccc(Oc2cc3nc(-c4ccccn4)[nH]c3cc2CN2C(=O)C=CC2=O)cc1. The Morgan fingerprint density at radius 1 is 1.00 bits per heavy atom. The van der Waals surface area contributed by atoms with E-state index in [0.717, 1.165) is 4.90 Å². The average molecular weight is 489 g/mol. The number of imide groups is 1. The van der Waals surface area contributed by atoms with Crippen LogP contribution < -0.4 is 4.74 Å². The summed E-state index contributed by atoms with van der Waals surface area (Å²) in [5, 5.41) is 0. The van der Waals surface area contributed by atoms with E-state index in [0.29, 0.717) is 39.6 Å². The molecule has 9 nitrogen and oxygen atoms in total. The summed E-state index contributed by atoms with van der Waals surface area (Å²) in [7, 11) is -3.34. The molecule has 0 radical (unpaired) electrons. The zero-order valence-corrected chi connectivity index (χ0v) is 19.5. The Labute approximate surface area is 201 Å². The van der Waals surface area contributed by atoms with Crippen molar-refractivity contribution >= 4 is 32.7 Å². The third-order valence-electron chi connectivity index (χ3n) is 5.59. The molecule has 10 heteroatoms. The van der Waals surface area contributed by atoms with Gasteiger partial charge in [0.25, 0.3) is 11.8 Å². The van der Waals surface area contributed by atoms with Crippen LogP contribution in [0.5, 0.6) is 11.5 Å². The van der Waals surface area contributed by atoms with Crippen LogP contribution in [0.1, 0.15) is 12.5 Å². The van der Waals surface area contributed by atoms with Gasteiger partial charge in [-0.3, -0.25) is 19.5 Å². The Morgan fingerprint density at radius 2 is 1.74 bits per heavy atom. The molecule has 176 valence electrons. The Bertz CT molecular complexity index is 1560. The minimum absolute atomic E-state index is 0.00227. The first-order valence-electron chi connectivity index (χ1n) is 10.8. The number of H-pyrrole nitrogens is 1. The number of ether oxygens (including phenoxy) is 1. The fourth-order valence-electron chi connectivity index (χ4n) is 3.69. The van der Waals surface area contributed by atoms with E-state index in [2.05, 4.69) is 15.0 Å².